The molecule has 0 saturated heterocycles. The Kier molecular flexibility index (Phi) is 176. The molecule has 0 aliphatic heterocycles. The second kappa shape index (κ2) is 36.3. The van der Waals surface area contributed by atoms with Crippen LogP contribution in [0.25, 0.3) is 0 Å². The Morgan fingerprint density at radius 1 is 0.421 bits per heavy atom. The summed E-state index contributed by atoms with van der Waals surface area (Å²) in [5.41, 5.74) is 0. The van der Waals surface area contributed by atoms with Crippen LogP contribution in [0.2, 0.25) is 0 Å². The molecule has 0 spiro atoms. The van der Waals surface area contributed by atoms with Crippen LogP contribution in [0, 0.1) is 0 Å². The van der Waals surface area contributed by atoms with Gasteiger partial charge in [0.25, 0.3) is 0 Å². The van der Waals surface area contributed by atoms with Gasteiger partial charge in [0.15, 0.2) is 0 Å². The Hall–Kier alpha value is 0.499. The van der Waals surface area contributed by atoms with Gasteiger partial charge >= 0.3 is 34.1 Å². The molecule has 0 rings (SSSR count). The minimum absolute atomic E-state index is 0. The Bertz CT molecular complexity index is 215. The number of rotatable bonds is 0. The van der Waals surface area contributed by atoms with E-state index in [0.717, 1.165) is 0 Å². The van der Waals surface area contributed by atoms with Crippen molar-refractivity contribution in [2.24, 2.45) is 0 Å². The van der Waals surface area contributed by atoms with Gasteiger partial charge in [-0.25, -0.2) is 0 Å². The molecule has 19 heteroatoms. The molecule has 15 nitrogen and oxygen atoms in total. The topological polar surface area (TPSA) is 381 Å². The molecule has 0 aromatic carbocycles. The zero-order chi connectivity index (χ0) is 9.00. The second-order valence-electron chi connectivity index (χ2n) is 0.816. The van der Waals surface area contributed by atoms with Crippen molar-refractivity contribution < 1.29 is 108 Å². The molecular formula is H14Fe2O15S2. The van der Waals surface area contributed by atoms with Crippen molar-refractivity contribution in [3.05, 3.63) is 0 Å². The Balaban J connectivity index is -0.00000000508. The first kappa shape index (κ1) is 92.4. The summed E-state index contributed by atoms with van der Waals surface area (Å²) in [4.78, 5) is 0. The molecular weight excluding hydrogens is 416 g/mol. The van der Waals surface area contributed by atoms with Crippen LogP contribution in [-0.2, 0) is 54.9 Å². The van der Waals surface area contributed by atoms with Gasteiger partial charge in [-0.05, 0) is 0 Å². The van der Waals surface area contributed by atoms with Crippen molar-refractivity contribution in [1.29, 1.82) is 0 Å². The maximum Gasteiger partial charge on any atom is 2.00 e. The van der Waals surface area contributed by atoms with E-state index in [-0.39, 0.29) is 72.5 Å². The van der Waals surface area contributed by atoms with Gasteiger partial charge in [-0.1, -0.05) is 0 Å². The molecule has 132 valence electrons. The first-order valence-corrected chi connectivity index (χ1v) is 4.00. The van der Waals surface area contributed by atoms with Crippen molar-refractivity contribution in [2.75, 3.05) is 0 Å². The normalized spacial score (nSPS) is 6.11. The average Bonchev–Trinajstić information content (AvgIpc) is 1.12. The Morgan fingerprint density at radius 2 is 0.421 bits per heavy atom. The van der Waals surface area contributed by atoms with Crippen molar-refractivity contribution in [3.8, 4) is 0 Å². The van der Waals surface area contributed by atoms with Crippen LogP contribution in [0.3, 0.4) is 0 Å². The molecule has 0 atom stereocenters. The molecule has 0 saturated carbocycles. The van der Waals surface area contributed by atoms with E-state index in [0.29, 0.717) is 0 Å². The summed E-state index contributed by atoms with van der Waals surface area (Å²) in [7, 11) is -10.3. The van der Waals surface area contributed by atoms with E-state index in [4.69, 9.17) is 35.0 Å². The Morgan fingerprint density at radius 3 is 0.421 bits per heavy atom. The van der Waals surface area contributed by atoms with E-state index >= 15 is 0 Å². The molecule has 0 fully saturated rings. The first-order chi connectivity index (χ1) is 4.00. The summed E-state index contributed by atoms with van der Waals surface area (Å²) in [5, 5.41) is 0. The van der Waals surface area contributed by atoms with E-state index in [9.17, 15) is 0 Å². The third kappa shape index (κ3) is 20200. The minimum Gasteiger partial charge on any atom is -0.759 e. The van der Waals surface area contributed by atoms with Crippen molar-refractivity contribution in [1.82, 2.24) is 0 Å². The molecule has 14 N–H and O–H groups in total. The van der Waals surface area contributed by atoms with Gasteiger partial charge in [-0.15, -0.1) is 0 Å². The molecule has 0 aliphatic carbocycles. The minimum atomic E-state index is -5.17. The summed E-state index contributed by atoms with van der Waals surface area (Å²) >= 11 is 0. The van der Waals surface area contributed by atoms with Gasteiger partial charge in [-0.3, -0.25) is 16.8 Å². The fraction of sp³-hybridized carbons (Fsp3) is 0. The van der Waals surface area contributed by atoms with Crippen LogP contribution in [0.4, 0.5) is 0 Å². The monoisotopic (exact) mass is 430 g/mol. The fourth-order valence-electron chi connectivity index (χ4n) is 0. The van der Waals surface area contributed by atoms with Gasteiger partial charge in [-0.2, -0.15) is 0 Å². The molecule has 0 aliphatic rings. The van der Waals surface area contributed by atoms with E-state index in [1.165, 1.54) is 0 Å². The number of hydrogen-bond acceptors (Lipinski definition) is 8. The summed E-state index contributed by atoms with van der Waals surface area (Å²) in [6, 6.07) is 0. The maximum atomic E-state index is 8.52. The molecule has 0 radical (unpaired) electrons. The van der Waals surface area contributed by atoms with Crippen molar-refractivity contribution in [2.45, 2.75) is 0 Å². The first-order valence-electron chi connectivity index (χ1n) is 1.33. The predicted molar refractivity (Wildman–Crippen MR) is 46.2 cm³/mol. The van der Waals surface area contributed by atoms with Crippen LogP contribution in [0.15, 0.2) is 0 Å². The maximum absolute atomic E-state index is 8.52. The molecule has 19 heavy (non-hydrogen) atoms. The Labute approximate surface area is 128 Å². The molecule has 0 amide bonds. The third-order valence-electron chi connectivity index (χ3n) is 0. The predicted octanol–water partition coefficient (Wildman–Crippen LogP) is -8.45. The third-order valence-corrected chi connectivity index (χ3v) is 0. The quantitative estimate of drug-likeness (QED) is 0.201. The largest absolute Gasteiger partial charge is 2.00 e. The van der Waals surface area contributed by atoms with Gasteiger partial charge in [0.05, 0.1) is 0 Å². The zero-order valence-electron chi connectivity index (χ0n) is 8.29. The smallest absolute Gasteiger partial charge is 0.759 e. The van der Waals surface area contributed by atoms with E-state index in [1.54, 1.807) is 0 Å². The molecule has 0 aromatic rings. The van der Waals surface area contributed by atoms with Crippen LogP contribution in [-0.4, -0.2) is 73.4 Å². The van der Waals surface area contributed by atoms with Gasteiger partial charge < -0.3 is 56.5 Å². The van der Waals surface area contributed by atoms with E-state index in [1.807, 2.05) is 0 Å². The van der Waals surface area contributed by atoms with Crippen LogP contribution >= 0.6 is 0 Å². The number of hydrogen-bond donors (Lipinski definition) is 0. The van der Waals surface area contributed by atoms with Gasteiger partial charge in [0, 0.05) is 20.8 Å². The summed E-state index contributed by atoms with van der Waals surface area (Å²) in [6.45, 7) is 0. The van der Waals surface area contributed by atoms with Crippen LogP contribution < -0.4 is 0 Å². The van der Waals surface area contributed by atoms with E-state index < -0.39 is 20.8 Å². The molecule has 0 heterocycles. The zero-order valence-corrected chi connectivity index (χ0v) is 12.1. The summed E-state index contributed by atoms with van der Waals surface area (Å²) < 4.78 is 68.2. The summed E-state index contributed by atoms with van der Waals surface area (Å²) in [6.07, 6.45) is 0. The average molecular weight is 430 g/mol. The fourth-order valence-corrected chi connectivity index (χ4v) is 0. The van der Waals surface area contributed by atoms with Crippen LogP contribution in [0.5, 0.6) is 0 Å². The van der Waals surface area contributed by atoms with Crippen molar-refractivity contribution in [3.63, 3.8) is 0 Å². The van der Waals surface area contributed by atoms with Crippen molar-refractivity contribution >= 4 is 20.8 Å². The molecule has 0 bridgehead atoms. The molecule has 0 unspecified atom stereocenters. The standard InChI is InChI=1S/2Fe.2H2O4S.7H2O/c;;2*1-5(2,3)4;;;;;;;/h;;2*(H2,1,2,3,4);7*1H2/q2*+2;;;;;;;;;/p-4. The summed E-state index contributed by atoms with van der Waals surface area (Å²) in [5.74, 6) is 0. The van der Waals surface area contributed by atoms with Gasteiger partial charge in [0.1, 0.15) is 0 Å². The second-order valence-corrected chi connectivity index (χ2v) is 2.45. The van der Waals surface area contributed by atoms with Gasteiger partial charge in [0.2, 0.25) is 0 Å². The van der Waals surface area contributed by atoms with E-state index in [2.05, 4.69) is 0 Å². The molecule has 0 aromatic heterocycles. The SMILES string of the molecule is O.O.O.O.O.O.O.O=S(=O)([O-])[O-].O=S(=O)([O-])[O-].[Fe+2].[Fe+2]. The van der Waals surface area contributed by atoms with Crippen LogP contribution in [0.1, 0.15) is 0 Å².